The minimum atomic E-state index is -0.269. The van der Waals surface area contributed by atoms with E-state index < -0.39 is 0 Å². The largest absolute Gasteiger partial charge is 0.482 e. The third-order valence-electron chi connectivity index (χ3n) is 5.25. The van der Waals surface area contributed by atoms with Crippen LogP contribution in [0.4, 0.5) is 5.69 Å². The molecule has 1 aliphatic heterocycles. The number of hydrogen-bond acceptors (Lipinski definition) is 4. The van der Waals surface area contributed by atoms with Crippen LogP contribution in [0.3, 0.4) is 0 Å². The quantitative estimate of drug-likeness (QED) is 0.669. The van der Waals surface area contributed by atoms with Gasteiger partial charge in [0.1, 0.15) is 11.6 Å². The number of aromatic nitrogens is 2. The number of amides is 2. The summed E-state index contributed by atoms with van der Waals surface area (Å²) in [6.45, 7) is 8.34. The summed E-state index contributed by atoms with van der Waals surface area (Å²) in [5.74, 6) is 1.07. The van der Waals surface area contributed by atoms with Crippen molar-refractivity contribution in [1.82, 2.24) is 14.9 Å². The van der Waals surface area contributed by atoms with Gasteiger partial charge in [0, 0.05) is 11.6 Å². The third kappa shape index (κ3) is 3.63. The zero-order valence-corrected chi connectivity index (χ0v) is 17.6. The Balaban J connectivity index is 1.68. The van der Waals surface area contributed by atoms with Gasteiger partial charge >= 0.3 is 0 Å². The van der Waals surface area contributed by atoms with Crippen LogP contribution in [0, 0.1) is 5.92 Å². The number of carbonyl (C=O) groups is 2. The van der Waals surface area contributed by atoms with E-state index in [4.69, 9.17) is 9.72 Å². The van der Waals surface area contributed by atoms with Gasteiger partial charge in [0.15, 0.2) is 6.61 Å². The number of fused-ring (bicyclic) bond motifs is 2. The van der Waals surface area contributed by atoms with Crippen molar-refractivity contribution >= 4 is 28.5 Å². The maximum absolute atomic E-state index is 13.1. The van der Waals surface area contributed by atoms with Gasteiger partial charge in [-0.1, -0.05) is 26.0 Å². The number of hydrogen-bond donors (Lipinski definition) is 2. The number of ether oxygens (including phenoxy) is 1. The van der Waals surface area contributed by atoms with Crippen LogP contribution in [-0.4, -0.2) is 28.0 Å². The first-order chi connectivity index (χ1) is 14.3. The van der Waals surface area contributed by atoms with Gasteiger partial charge in [-0.05, 0) is 50.1 Å². The first kappa shape index (κ1) is 19.9. The summed E-state index contributed by atoms with van der Waals surface area (Å²) in [5, 5.41) is 5.89. The molecule has 1 aliphatic rings. The second-order valence-corrected chi connectivity index (χ2v) is 8.17. The van der Waals surface area contributed by atoms with Gasteiger partial charge < -0.3 is 19.9 Å². The van der Waals surface area contributed by atoms with Crippen LogP contribution < -0.4 is 15.4 Å². The molecule has 0 spiro atoms. The lowest BCUT2D eigenvalue weighted by Gasteiger charge is -2.25. The molecule has 0 fully saturated rings. The summed E-state index contributed by atoms with van der Waals surface area (Å²) in [5.41, 5.74) is 2.93. The highest BCUT2D eigenvalue weighted by Gasteiger charge is 2.27. The molecular formula is C23H26N4O3. The van der Waals surface area contributed by atoms with E-state index in [2.05, 4.69) is 49.0 Å². The normalized spacial score (nSPS) is 14.4. The number of imidazole rings is 1. The van der Waals surface area contributed by atoms with Crippen LogP contribution in [0.15, 0.2) is 42.5 Å². The second kappa shape index (κ2) is 7.82. The molecule has 2 N–H and O–H groups in total. The van der Waals surface area contributed by atoms with Crippen molar-refractivity contribution < 1.29 is 14.3 Å². The van der Waals surface area contributed by atoms with Crippen LogP contribution in [0.5, 0.6) is 5.75 Å². The average molecular weight is 406 g/mol. The van der Waals surface area contributed by atoms with E-state index in [9.17, 15) is 9.59 Å². The van der Waals surface area contributed by atoms with Crippen molar-refractivity contribution in [2.75, 3.05) is 11.9 Å². The molecular weight excluding hydrogens is 380 g/mol. The van der Waals surface area contributed by atoms with Gasteiger partial charge in [-0.25, -0.2) is 4.98 Å². The lowest BCUT2D eigenvalue weighted by Crippen LogP contribution is -2.34. The Bertz CT molecular complexity index is 1120. The topological polar surface area (TPSA) is 85.2 Å². The van der Waals surface area contributed by atoms with E-state index >= 15 is 0 Å². The molecule has 1 aromatic heterocycles. The fourth-order valence-electron chi connectivity index (χ4n) is 3.80. The second-order valence-electron chi connectivity index (χ2n) is 8.17. The number of rotatable bonds is 5. The van der Waals surface area contributed by atoms with Crippen LogP contribution in [0.2, 0.25) is 0 Å². The summed E-state index contributed by atoms with van der Waals surface area (Å²) in [7, 11) is 0. The Morgan fingerprint density at radius 3 is 2.67 bits per heavy atom. The summed E-state index contributed by atoms with van der Waals surface area (Å²) in [6.07, 6.45) is 0. The molecule has 0 unspecified atom stereocenters. The molecule has 1 atom stereocenters. The maximum Gasteiger partial charge on any atom is 0.262 e. The molecule has 0 bridgehead atoms. The minimum absolute atomic E-state index is 0.0145. The molecule has 2 amide bonds. The number of nitrogens with one attached hydrogen (secondary N) is 2. The van der Waals surface area contributed by atoms with Crippen molar-refractivity contribution in [2.24, 2.45) is 5.92 Å². The molecule has 156 valence electrons. The smallest absolute Gasteiger partial charge is 0.262 e. The molecule has 3 aromatic rings. The standard InChI is InChI=1S/C23H26N4O3/c1-13(2)21(22-25-16-7-5-6-8-18(16)27(22)14(3)4)26-23(29)15-9-10-19-17(11-15)24-20(28)12-30-19/h5-11,13-14,21H,12H2,1-4H3,(H,24,28)(H,26,29)/t21-/m1/s1. The SMILES string of the molecule is CC(C)[C@@H](NC(=O)c1ccc2c(c1)NC(=O)CO2)c1nc2ccccc2n1C(C)C. The van der Waals surface area contributed by atoms with Crippen molar-refractivity contribution in [3.05, 3.63) is 53.9 Å². The molecule has 2 heterocycles. The Morgan fingerprint density at radius 2 is 1.93 bits per heavy atom. The van der Waals surface area contributed by atoms with Gasteiger partial charge in [0.05, 0.1) is 22.8 Å². The van der Waals surface area contributed by atoms with Gasteiger partial charge in [-0.2, -0.15) is 0 Å². The summed E-state index contributed by atoms with van der Waals surface area (Å²) < 4.78 is 7.56. The summed E-state index contributed by atoms with van der Waals surface area (Å²) in [4.78, 5) is 29.5. The Hall–Kier alpha value is -3.35. The monoisotopic (exact) mass is 406 g/mol. The van der Waals surface area contributed by atoms with Crippen LogP contribution in [0.1, 0.15) is 56.0 Å². The van der Waals surface area contributed by atoms with E-state index in [1.54, 1.807) is 18.2 Å². The first-order valence-electron chi connectivity index (χ1n) is 10.2. The minimum Gasteiger partial charge on any atom is -0.482 e. The lowest BCUT2D eigenvalue weighted by molar-refractivity contribution is -0.118. The molecule has 0 saturated carbocycles. The number of carbonyl (C=O) groups excluding carboxylic acids is 2. The molecule has 7 heteroatoms. The van der Waals surface area contributed by atoms with Gasteiger partial charge in [-0.3, -0.25) is 9.59 Å². The average Bonchev–Trinajstić information content (AvgIpc) is 3.10. The van der Waals surface area contributed by atoms with Crippen molar-refractivity contribution in [1.29, 1.82) is 0 Å². The Kier molecular flexibility index (Phi) is 5.20. The predicted molar refractivity (Wildman–Crippen MR) is 116 cm³/mol. The van der Waals surface area contributed by atoms with Crippen molar-refractivity contribution in [3.8, 4) is 5.75 Å². The first-order valence-corrected chi connectivity index (χ1v) is 10.2. The molecule has 4 rings (SSSR count). The Morgan fingerprint density at radius 1 is 1.17 bits per heavy atom. The highest BCUT2D eigenvalue weighted by Crippen LogP contribution is 2.31. The van der Waals surface area contributed by atoms with Crippen molar-refractivity contribution in [2.45, 2.75) is 39.8 Å². The van der Waals surface area contributed by atoms with Crippen LogP contribution in [0.25, 0.3) is 11.0 Å². The number of benzene rings is 2. The molecule has 0 radical (unpaired) electrons. The lowest BCUT2D eigenvalue weighted by atomic mass is 10.0. The Labute approximate surface area is 175 Å². The fraction of sp³-hybridized carbons (Fsp3) is 0.348. The summed E-state index contributed by atoms with van der Waals surface area (Å²) >= 11 is 0. The fourth-order valence-corrected chi connectivity index (χ4v) is 3.80. The van der Waals surface area contributed by atoms with E-state index in [-0.39, 0.29) is 36.4 Å². The zero-order valence-electron chi connectivity index (χ0n) is 17.6. The van der Waals surface area contributed by atoms with Gasteiger partial charge in [0.2, 0.25) is 0 Å². The highest BCUT2D eigenvalue weighted by atomic mass is 16.5. The van der Waals surface area contributed by atoms with E-state index in [1.165, 1.54) is 0 Å². The number of nitrogens with zero attached hydrogens (tertiary/aromatic N) is 2. The highest BCUT2D eigenvalue weighted by molar-refractivity contribution is 6.00. The van der Waals surface area contributed by atoms with Crippen LogP contribution in [-0.2, 0) is 4.79 Å². The third-order valence-corrected chi connectivity index (χ3v) is 5.25. The number of anilines is 1. The summed E-state index contributed by atoms with van der Waals surface area (Å²) in [6, 6.07) is 13.0. The molecule has 2 aromatic carbocycles. The zero-order chi connectivity index (χ0) is 21.4. The molecule has 0 aliphatic carbocycles. The van der Waals surface area contributed by atoms with Gasteiger partial charge in [0.25, 0.3) is 11.8 Å². The van der Waals surface area contributed by atoms with Crippen molar-refractivity contribution in [3.63, 3.8) is 0 Å². The van der Waals surface area contributed by atoms with E-state index in [1.807, 2.05) is 18.2 Å². The maximum atomic E-state index is 13.1. The van der Waals surface area contributed by atoms with E-state index in [0.717, 1.165) is 16.9 Å². The van der Waals surface area contributed by atoms with Crippen LogP contribution >= 0.6 is 0 Å². The molecule has 0 saturated heterocycles. The predicted octanol–water partition coefficient (Wildman–Crippen LogP) is 4.08. The number of para-hydroxylation sites is 2. The van der Waals surface area contributed by atoms with E-state index in [0.29, 0.717) is 17.0 Å². The molecule has 7 nitrogen and oxygen atoms in total. The molecule has 30 heavy (non-hydrogen) atoms. The van der Waals surface area contributed by atoms with Gasteiger partial charge in [-0.15, -0.1) is 0 Å².